The van der Waals surface area contributed by atoms with Crippen molar-refractivity contribution in [1.82, 2.24) is 20.1 Å². The number of hydrogen-bond donors (Lipinski definition) is 2. The van der Waals surface area contributed by atoms with Crippen LogP contribution in [0.4, 0.5) is 0 Å². The van der Waals surface area contributed by atoms with Gasteiger partial charge >= 0.3 is 0 Å². The molecule has 0 bridgehead atoms. The van der Waals surface area contributed by atoms with E-state index in [1.807, 2.05) is 4.90 Å². The maximum atomic E-state index is 11.7. The minimum absolute atomic E-state index is 0.0637. The van der Waals surface area contributed by atoms with Crippen LogP contribution in [0.3, 0.4) is 0 Å². The highest BCUT2D eigenvalue weighted by Gasteiger charge is 2.45. The zero-order valence-electron chi connectivity index (χ0n) is 15.9. The summed E-state index contributed by atoms with van der Waals surface area (Å²) in [5.41, 5.74) is 4.26. The normalized spacial score (nSPS) is 31.0. The molecule has 6 nitrogen and oxygen atoms in total. The average molecular weight is 366 g/mol. The van der Waals surface area contributed by atoms with Crippen LogP contribution in [0.5, 0.6) is 0 Å². The highest BCUT2D eigenvalue weighted by Crippen LogP contribution is 2.47. The highest BCUT2D eigenvalue weighted by molar-refractivity contribution is 5.99. The molecule has 0 spiro atoms. The van der Waals surface area contributed by atoms with Gasteiger partial charge in [-0.1, -0.05) is 12.1 Å². The first-order valence-corrected chi connectivity index (χ1v) is 9.80. The number of carbonyl (C=O) groups is 2. The lowest BCUT2D eigenvalue weighted by atomic mass is 9.65. The van der Waals surface area contributed by atoms with Gasteiger partial charge in [0.15, 0.2) is 0 Å². The molecule has 2 aromatic rings. The van der Waals surface area contributed by atoms with E-state index < -0.39 is 0 Å². The molecular weight excluding hydrogens is 340 g/mol. The Bertz CT molecular complexity index is 933. The topological polar surface area (TPSA) is 66.4 Å². The summed E-state index contributed by atoms with van der Waals surface area (Å²) >= 11 is 0. The molecule has 2 fully saturated rings. The Kier molecular flexibility index (Phi) is 3.71. The van der Waals surface area contributed by atoms with Gasteiger partial charge in [0, 0.05) is 42.1 Å². The maximum absolute atomic E-state index is 11.7. The third-order valence-electron chi connectivity index (χ3n) is 6.72. The fourth-order valence-electron chi connectivity index (χ4n) is 5.55. The molecule has 3 atom stereocenters. The number of hydrogen-bond acceptors (Lipinski definition) is 4. The second-order valence-corrected chi connectivity index (χ2v) is 8.78. The van der Waals surface area contributed by atoms with Gasteiger partial charge in [-0.3, -0.25) is 19.8 Å². The van der Waals surface area contributed by atoms with Crippen LogP contribution < -0.4 is 10.6 Å². The third kappa shape index (κ3) is 2.70. The molecule has 2 saturated heterocycles. The molecule has 6 heteroatoms. The van der Waals surface area contributed by atoms with Crippen LogP contribution in [0.1, 0.15) is 30.4 Å². The van der Waals surface area contributed by atoms with Crippen molar-refractivity contribution in [1.29, 1.82) is 0 Å². The number of nitrogens with zero attached hydrogens (tertiary/aromatic N) is 2. The first kappa shape index (κ1) is 17.0. The van der Waals surface area contributed by atoms with E-state index in [4.69, 9.17) is 0 Å². The summed E-state index contributed by atoms with van der Waals surface area (Å²) in [5, 5.41) is 7.65. The lowest BCUT2D eigenvalue weighted by Gasteiger charge is -2.49. The third-order valence-corrected chi connectivity index (χ3v) is 6.72. The van der Waals surface area contributed by atoms with Crippen molar-refractivity contribution in [3.8, 4) is 0 Å². The number of aryl methyl sites for hydroxylation is 1. The first-order valence-electron chi connectivity index (χ1n) is 9.80. The predicted octanol–water partition coefficient (Wildman–Crippen LogP) is 1.14. The molecule has 1 unspecified atom stereocenters. The summed E-state index contributed by atoms with van der Waals surface area (Å²) in [7, 11) is 2.13. The van der Waals surface area contributed by atoms with Crippen molar-refractivity contribution in [3.63, 3.8) is 0 Å². The quantitative estimate of drug-likeness (QED) is 0.783. The van der Waals surface area contributed by atoms with E-state index >= 15 is 0 Å². The van der Waals surface area contributed by atoms with Gasteiger partial charge in [-0.25, -0.2) is 0 Å². The molecule has 3 aliphatic rings. The van der Waals surface area contributed by atoms with Gasteiger partial charge in [-0.05, 0) is 49.4 Å². The summed E-state index contributed by atoms with van der Waals surface area (Å²) in [6, 6.07) is 6.66. The Balaban J connectivity index is 1.43. The zero-order chi connectivity index (χ0) is 18.8. The van der Waals surface area contributed by atoms with E-state index in [1.54, 1.807) is 0 Å². The van der Waals surface area contributed by atoms with Gasteiger partial charge in [-0.2, -0.15) is 0 Å². The fourth-order valence-corrected chi connectivity index (χ4v) is 5.55. The van der Waals surface area contributed by atoms with Gasteiger partial charge in [0.25, 0.3) is 0 Å². The van der Waals surface area contributed by atoms with Gasteiger partial charge in [-0.15, -0.1) is 0 Å². The largest absolute Gasteiger partial charge is 0.350 e. The molecular formula is C21H26N4O2. The molecule has 3 heterocycles. The van der Waals surface area contributed by atoms with Gasteiger partial charge in [0.05, 0.1) is 13.1 Å². The number of aromatic nitrogens is 1. The minimum atomic E-state index is -0.184. The first-order chi connectivity index (χ1) is 12.9. The van der Waals surface area contributed by atoms with Crippen molar-refractivity contribution < 1.29 is 9.59 Å². The van der Waals surface area contributed by atoms with Crippen LogP contribution in [0.25, 0.3) is 10.9 Å². The Morgan fingerprint density at radius 1 is 1.22 bits per heavy atom. The molecule has 5 rings (SSSR count). The lowest BCUT2D eigenvalue weighted by molar-refractivity contribution is -0.136. The van der Waals surface area contributed by atoms with Crippen molar-refractivity contribution in [2.45, 2.75) is 31.2 Å². The molecule has 1 aromatic carbocycles. The van der Waals surface area contributed by atoms with E-state index in [1.165, 1.54) is 22.0 Å². The number of fused-ring (bicyclic) bond motifs is 2. The van der Waals surface area contributed by atoms with Crippen molar-refractivity contribution in [2.75, 3.05) is 26.2 Å². The molecule has 0 saturated carbocycles. The number of piperidine rings is 1. The van der Waals surface area contributed by atoms with Crippen molar-refractivity contribution >= 4 is 22.7 Å². The SMILES string of the molecule is Cn1cc2c3c(cccc31)[C@H]1CC(CN3CC(=O)NC(=O)C3)CN[C@]1(C)C2. The van der Waals surface area contributed by atoms with E-state index in [9.17, 15) is 9.59 Å². The summed E-state index contributed by atoms with van der Waals surface area (Å²) in [5.74, 6) is 0.513. The van der Waals surface area contributed by atoms with E-state index in [0.717, 1.165) is 25.9 Å². The number of carbonyl (C=O) groups excluding carboxylic acids is 2. The lowest BCUT2D eigenvalue weighted by Crippen LogP contribution is -2.59. The monoisotopic (exact) mass is 366 g/mol. The Labute approximate surface area is 158 Å². The summed E-state index contributed by atoms with van der Waals surface area (Å²) < 4.78 is 2.24. The van der Waals surface area contributed by atoms with E-state index in [2.05, 4.69) is 53.6 Å². The predicted molar refractivity (Wildman–Crippen MR) is 103 cm³/mol. The zero-order valence-corrected chi connectivity index (χ0v) is 15.9. The molecule has 27 heavy (non-hydrogen) atoms. The Hall–Kier alpha value is -2.18. The number of amides is 2. The standard InChI is InChI=1S/C21H26N4O2/c1-21-7-14-10-24(2)17-5-3-4-15(20(14)17)16(21)6-13(8-22-21)9-25-11-18(26)23-19(27)12-25/h3-5,10,13,16,22H,6-9,11-12H2,1-2H3,(H,23,26,27)/t13?,16-,21-/m1/s1. The number of imide groups is 1. The second-order valence-electron chi connectivity index (χ2n) is 8.78. The van der Waals surface area contributed by atoms with Crippen LogP contribution in [0, 0.1) is 5.92 Å². The molecule has 142 valence electrons. The minimum Gasteiger partial charge on any atom is -0.350 e. The summed E-state index contributed by atoms with van der Waals surface area (Å²) in [6.07, 6.45) is 4.41. The fraction of sp³-hybridized carbons (Fsp3) is 0.524. The second kappa shape index (κ2) is 5.91. The van der Waals surface area contributed by atoms with Gasteiger partial charge in [0.2, 0.25) is 11.8 Å². The van der Waals surface area contributed by atoms with Crippen LogP contribution in [-0.4, -0.2) is 53.0 Å². The van der Waals surface area contributed by atoms with E-state index in [0.29, 0.717) is 24.9 Å². The number of piperazine rings is 1. The molecule has 2 aliphatic heterocycles. The van der Waals surface area contributed by atoms with Crippen LogP contribution >= 0.6 is 0 Å². The molecule has 1 aliphatic carbocycles. The molecule has 2 N–H and O–H groups in total. The molecule has 1 aromatic heterocycles. The maximum Gasteiger partial charge on any atom is 0.240 e. The molecule has 2 amide bonds. The average Bonchev–Trinajstić information content (AvgIpc) is 2.92. The Morgan fingerprint density at radius 2 is 2.00 bits per heavy atom. The summed E-state index contributed by atoms with van der Waals surface area (Å²) in [6.45, 7) is 4.71. The number of benzene rings is 1. The Morgan fingerprint density at radius 3 is 2.78 bits per heavy atom. The highest BCUT2D eigenvalue weighted by atomic mass is 16.2. The van der Waals surface area contributed by atoms with Gasteiger partial charge in [0.1, 0.15) is 0 Å². The number of nitrogens with one attached hydrogen (secondary N) is 2. The summed E-state index contributed by atoms with van der Waals surface area (Å²) in [4.78, 5) is 25.4. The number of rotatable bonds is 2. The van der Waals surface area contributed by atoms with E-state index in [-0.39, 0.29) is 17.4 Å². The van der Waals surface area contributed by atoms with Crippen LogP contribution in [-0.2, 0) is 23.1 Å². The molecule has 0 radical (unpaired) electrons. The van der Waals surface area contributed by atoms with Crippen LogP contribution in [0.15, 0.2) is 24.4 Å². The smallest absolute Gasteiger partial charge is 0.240 e. The van der Waals surface area contributed by atoms with Gasteiger partial charge < -0.3 is 9.88 Å². The van der Waals surface area contributed by atoms with Crippen molar-refractivity contribution in [3.05, 3.63) is 35.5 Å². The van der Waals surface area contributed by atoms with Crippen molar-refractivity contribution in [2.24, 2.45) is 13.0 Å². The van der Waals surface area contributed by atoms with Crippen LogP contribution in [0.2, 0.25) is 0 Å².